The highest BCUT2D eigenvalue weighted by molar-refractivity contribution is 6.07. The summed E-state index contributed by atoms with van der Waals surface area (Å²) >= 11 is 0. The van der Waals surface area contributed by atoms with Gasteiger partial charge in [-0.1, -0.05) is 31.5 Å². The number of carbonyl (C=O) groups is 3. The molecule has 7 heteroatoms. The molecule has 2 rings (SSSR count). The highest BCUT2D eigenvalue weighted by Crippen LogP contribution is 2.44. The zero-order valence-electron chi connectivity index (χ0n) is 15.9. The van der Waals surface area contributed by atoms with Crippen molar-refractivity contribution in [2.45, 2.75) is 34.1 Å². The van der Waals surface area contributed by atoms with Gasteiger partial charge in [-0.3, -0.25) is 19.3 Å². The van der Waals surface area contributed by atoms with Crippen molar-refractivity contribution in [1.82, 2.24) is 4.90 Å². The molecule has 0 saturated carbocycles. The van der Waals surface area contributed by atoms with Crippen molar-refractivity contribution in [1.29, 1.82) is 10.5 Å². The number of amides is 3. The molecule has 1 N–H and O–H groups in total. The molecular formula is C20H22N4O3. The first-order chi connectivity index (χ1) is 12.7. The zero-order chi connectivity index (χ0) is 20.4. The van der Waals surface area contributed by atoms with Crippen molar-refractivity contribution in [3.63, 3.8) is 0 Å². The van der Waals surface area contributed by atoms with Gasteiger partial charge in [-0.25, -0.2) is 0 Å². The molecule has 2 atom stereocenters. The number of carbonyl (C=O) groups excluding carboxylic acids is 3. The average Bonchev–Trinajstić information content (AvgIpc) is 2.62. The molecule has 1 heterocycles. The predicted octanol–water partition coefficient (Wildman–Crippen LogP) is 2.31. The lowest BCUT2D eigenvalue weighted by Crippen LogP contribution is -2.59. The van der Waals surface area contributed by atoms with Gasteiger partial charge in [-0.05, 0) is 31.9 Å². The largest absolute Gasteiger partial charge is 0.324 e. The van der Waals surface area contributed by atoms with Crippen LogP contribution >= 0.6 is 0 Å². The molecule has 1 fully saturated rings. The Kier molecular flexibility index (Phi) is 5.66. The van der Waals surface area contributed by atoms with Crippen LogP contribution in [-0.4, -0.2) is 29.2 Å². The summed E-state index contributed by atoms with van der Waals surface area (Å²) in [6.07, 6.45) is 0.323. The minimum Gasteiger partial charge on any atom is -0.324 e. The molecule has 7 nitrogen and oxygen atoms in total. The normalized spacial score (nSPS) is 24.9. The van der Waals surface area contributed by atoms with E-state index in [1.54, 1.807) is 19.9 Å². The van der Waals surface area contributed by atoms with Gasteiger partial charge in [-0.2, -0.15) is 10.5 Å². The Hall–Kier alpha value is -3.19. The van der Waals surface area contributed by atoms with Crippen LogP contribution in [0.2, 0.25) is 0 Å². The second kappa shape index (κ2) is 7.59. The molecule has 1 aliphatic heterocycles. The molecule has 0 aromatic heterocycles. The Morgan fingerprint density at radius 3 is 2.19 bits per heavy atom. The number of nitrogens with one attached hydrogen (secondary N) is 1. The Balaban J connectivity index is 2.26. The van der Waals surface area contributed by atoms with E-state index in [0.717, 1.165) is 16.0 Å². The summed E-state index contributed by atoms with van der Waals surface area (Å²) < 4.78 is 0. The lowest BCUT2D eigenvalue weighted by atomic mass is 9.63. The Labute approximate surface area is 158 Å². The van der Waals surface area contributed by atoms with E-state index in [4.69, 9.17) is 0 Å². The van der Waals surface area contributed by atoms with Crippen LogP contribution in [0.4, 0.5) is 5.69 Å². The average molecular weight is 366 g/mol. The maximum atomic E-state index is 12.7. The van der Waals surface area contributed by atoms with Gasteiger partial charge in [-0.15, -0.1) is 0 Å². The summed E-state index contributed by atoms with van der Waals surface area (Å²) in [6.45, 7) is 6.57. The highest BCUT2D eigenvalue weighted by Gasteiger charge is 2.56. The van der Waals surface area contributed by atoms with E-state index in [2.05, 4.69) is 5.32 Å². The molecule has 2 unspecified atom stereocenters. The molecular weight excluding hydrogens is 344 g/mol. The minimum atomic E-state index is -1.15. The van der Waals surface area contributed by atoms with Crippen LogP contribution in [0.5, 0.6) is 0 Å². The van der Waals surface area contributed by atoms with Gasteiger partial charge >= 0.3 is 0 Å². The van der Waals surface area contributed by atoms with E-state index in [0.29, 0.717) is 12.1 Å². The number of anilines is 1. The van der Waals surface area contributed by atoms with E-state index < -0.39 is 41.5 Å². The number of benzene rings is 1. The number of aryl methyl sites for hydroxylation is 2. The van der Waals surface area contributed by atoms with Gasteiger partial charge in [0, 0.05) is 11.1 Å². The Bertz CT molecular complexity index is 844. The molecule has 0 aliphatic carbocycles. The number of imide groups is 1. The zero-order valence-corrected chi connectivity index (χ0v) is 15.9. The van der Waals surface area contributed by atoms with Gasteiger partial charge < -0.3 is 5.32 Å². The smallest absolute Gasteiger partial charge is 0.247 e. The number of hydrogen-bond acceptors (Lipinski definition) is 5. The number of likely N-dealkylation sites (tertiary alicyclic amines) is 1. The molecule has 0 radical (unpaired) electrons. The van der Waals surface area contributed by atoms with Gasteiger partial charge in [0.1, 0.15) is 18.4 Å². The Morgan fingerprint density at radius 1 is 1.19 bits per heavy atom. The van der Waals surface area contributed by atoms with Crippen molar-refractivity contribution in [3.05, 3.63) is 29.3 Å². The van der Waals surface area contributed by atoms with Crippen LogP contribution in [0.15, 0.2) is 18.2 Å². The molecule has 27 heavy (non-hydrogen) atoms. The molecule has 1 aliphatic rings. The number of rotatable bonds is 4. The van der Waals surface area contributed by atoms with Crippen LogP contribution in [0.25, 0.3) is 0 Å². The fourth-order valence-electron chi connectivity index (χ4n) is 3.41. The predicted molar refractivity (Wildman–Crippen MR) is 97.9 cm³/mol. The Morgan fingerprint density at radius 2 is 1.74 bits per heavy atom. The van der Waals surface area contributed by atoms with Crippen LogP contribution in [0.1, 0.15) is 31.4 Å². The standard InChI is InChI=1S/C20H22N4O3/c1-5-20(4)14(9-21)18(26)24(19(27)15(20)10-22)11-17(25)23-16-7-6-12(2)8-13(16)3/h6-8,14-15H,5,11H2,1-4H3,(H,23,25). The van der Waals surface area contributed by atoms with E-state index in [9.17, 15) is 24.9 Å². The summed E-state index contributed by atoms with van der Waals surface area (Å²) in [6, 6.07) is 9.32. The first kappa shape index (κ1) is 20.1. The SMILES string of the molecule is CCC1(C)C(C#N)C(=O)N(CC(=O)Nc2ccc(C)cc2C)C(=O)C1C#N. The van der Waals surface area contributed by atoms with Crippen molar-refractivity contribution in [2.24, 2.45) is 17.3 Å². The first-order valence-corrected chi connectivity index (χ1v) is 8.71. The van der Waals surface area contributed by atoms with Crippen LogP contribution in [-0.2, 0) is 14.4 Å². The van der Waals surface area contributed by atoms with Crippen molar-refractivity contribution in [2.75, 3.05) is 11.9 Å². The van der Waals surface area contributed by atoms with Gasteiger partial charge in [0.05, 0.1) is 12.1 Å². The first-order valence-electron chi connectivity index (χ1n) is 8.71. The minimum absolute atomic E-state index is 0.323. The summed E-state index contributed by atoms with van der Waals surface area (Å²) in [5, 5.41) is 21.6. The summed E-state index contributed by atoms with van der Waals surface area (Å²) in [5.74, 6) is -4.32. The third kappa shape index (κ3) is 3.54. The van der Waals surface area contributed by atoms with Gasteiger partial charge in [0.2, 0.25) is 17.7 Å². The summed E-state index contributed by atoms with van der Waals surface area (Å²) in [5.41, 5.74) is 1.40. The number of hydrogen-bond donors (Lipinski definition) is 1. The number of nitrogens with zero attached hydrogens (tertiary/aromatic N) is 3. The van der Waals surface area contributed by atoms with E-state index in [1.165, 1.54) is 0 Å². The van der Waals surface area contributed by atoms with E-state index in [-0.39, 0.29) is 0 Å². The van der Waals surface area contributed by atoms with Crippen molar-refractivity contribution >= 4 is 23.4 Å². The lowest BCUT2D eigenvalue weighted by molar-refractivity contribution is -0.162. The fourth-order valence-corrected chi connectivity index (χ4v) is 3.41. The van der Waals surface area contributed by atoms with E-state index >= 15 is 0 Å². The third-order valence-electron chi connectivity index (χ3n) is 5.32. The maximum Gasteiger partial charge on any atom is 0.247 e. The molecule has 0 bridgehead atoms. The highest BCUT2D eigenvalue weighted by atomic mass is 16.2. The molecule has 140 valence electrons. The monoisotopic (exact) mass is 366 g/mol. The molecule has 1 aromatic carbocycles. The topological polar surface area (TPSA) is 114 Å². The maximum absolute atomic E-state index is 12.7. The second-order valence-electron chi connectivity index (χ2n) is 7.11. The summed E-state index contributed by atoms with van der Waals surface area (Å²) in [7, 11) is 0. The fraction of sp³-hybridized carbons (Fsp3) is 0.450. The lowest BCUT2D eigenvalue weighted by Gasteiger charge is -2.43. The van der Waals surface area contributed by atoms with E-state index in [1.807, 2.05) is 38.1 Å². The van der Waals surface area contributed by atoms with Crippen LogP contribution in [0, 0.1) is 53.8 Å². The number of piperidine rings is 1. The van der Waals surface area contributed by atoms with Gasteiger partial charge in [0.15, 0.2) is 0 Å². The summed E-state index contributed by atoms with van der Waals surface area (Å²) in [4.78, 5) is 38.5. The van der Waals surface area contributed by atoms with Crippen LogP contribution < -0.4 is 5.32 Å². The number of nitriles is 2. The van der Waals surface area contributed by atoms with Crippen molar-refractivity contribution in [3.8, 4) is 12.1 Å². The van der Waals surface area contributed by atoms with Gasteiger partial charge in [0.25, 0.3) is 0 Å². The second-order valence-corrected chi connectivity index (χ2v) is 7.11. The quantitative estimate of drug-likeness (QED) is 0.821. The third-order valence-corrected chi connectivity index (χ3v) is 5.32. The van der Waals surface area contributed by atoms with Crippen molar-refractivity contribution < 1.29 is 14.4 Å². The van der Waals surface area contributed by atoms with Crippen LogP contribution in [0.3, 0.4) is 0 Å². The molecule has 1 aromatic rings. The molecule has 3 amide bonds. The molecule has 1 saturated heterocycles. The molecule has 0 spiro atoms.